The van der Waals surface area contributed by atoms with Crippen LogP contribution in [0.4, 0.5) is 0 Å². The van der Waals surface area contributed by atoms with E-state index in [0.29, 0.717) is 28.3 Å². The molecule has 0 amide bonds. The fourth-order valence-electron chi connectivity index (χ4n) is 2.99. The predicted molar refractivity (Wildman–Crippen MR) is 183 cm³/mol. The van der Waals surface area contributed by atoms with Gasteiger partial charge in [0, 0.05) is 11.1 Å². The number of oxime groups is 1. The van der Waals surface area contributed by atoms with E-state index in [1.54, 1.807) is 83.1 Å². The fourth-order valence-corrected chi connectivity index (χ4v) is 5.63. The lowest BCUT2D eigenvalue weighted by Gasteiger charge is -2.17. The Morgan fingerprint density at radius 3 is 1.36 bits per heavy atom. The van der Waals surface area contributed by atoms with Crippen LogP contribution in [0.2, 0.25) is 0 Å². The summed E-state index contributed by atoms with van der Waals surface area (Å²) in [4.78, 5) is 11.2. The molecule has 0 saturated carbocycles. The van der Waals surface area contributed by atoms with Crippen LogP contribution >= 0.6 is 27.6 Å². The molecule has 0 fully saturated rings. The highest BCUT2D eigenvalue weighted by atomic mass is 35.5. The maximum absolute atomic E-state index is 12.2. The molecule has 0 heterocycles. The Hall–Kier alpha value is -2.31. The van der Waals surface area contributed by atoms with Crippen LogP contribution in [0.15, 0.2) is 53.7 Å². The number of nitrogens with zero attached hydrogens (tertiary/aromatic N) is 1. The molecule has 0 aliphatic rings. The Morgan fingerprint density at radius 2 is 1.04 bits per heavy atom. The van der Waals surface area contributed by atoms with Gasteiger partial charge in [0.25, 0.3) is 0 Å². The van der Waals surface area contributed by atoms with Crippen LogP contribution in [0.5, 0.6) is 11.5 Å². The molecule has 4 N–H and O–H groups in total. The van der Waals surface area contributed by atoms with Crippen LogP contribution in [0.25, 0.3) is 0 Å². The molecule has 264 valence electrons. The molecule has 2 aromatic carbocycles. The van der Waals surface area contributed by atoms with Crippen molar-refractivity contribution in [1.82, 2.24) is 0 Å². The molecular formula is C29H55ClN2O11P2. The molecular weight excluding hydrogens is 650 g/mol. The highest BCUT2D eigenvalue weighted by Crippen LogP contribution is 2.48. The van der Waals surface area contributed by atoms with E-state index in [2.05, 4.69) is 11.1 Å². The Balaban J connectivity index is -0.000000207. The van der Waals surface area contributed by atoms with Gasteiger partial charge >= 0.3 is 15.2 Å². The molecule has 0 unspecified atom stereocenters. The second-order valence-corrected chi connectivity index (χ2v) is 11.7. The zero-order valence-electron chi connectivity index (χ0n) is 24.8. The number of hydrogen-bond acceptors (Lipinski definition) is 13. The van der Waals surface area contributed by atoms with E-state index < -0.39 is 15.2 Å². The SMILES string of the molecule is C.C.C.CCOP(=O)(COc1cccc(/C(C)=N/O)c1)OCC.CCOP(=O)(COc1cccc(C(C)=O)c1)OCC.Cl.NO. The number of rotatable bonds is 16. The van der Waals surface area contributed by atoms with Crippen molar-refractivity contribution in [2.75, 3.05) is 39.1 Å². The van der Waals surface area contributed by atoms with Gasteiger partial charge in [-0.2, -0.15) is 0 Å². The molecule has 2 aromatic rings. The quantitative estimate of drug-likeness (QED) is 0.0497. The number of carbonyl (C=O) groups is 1. The van der Waals surface area contributed by atoms with Crippen LogP contribution in [0.3, 0.4) is 0 Å². The molecule has 0 radical (unpaired) electrons. The molecule has 45 heavy (non-hydrogen) atoms. The minimum atomic E-state index is -3.23. The largest absolute Gasteiger partial charge is 0.481 e. The zero-order valence-corrected chi connectivity index (χ0v) is 27.4. The predicted octanol–water partition coefficient (Wildman–Crippen LogP) is 8.64. The summed E-state index contributed by atoms with van der Waals surface area (Å²) in [5, 5.41) is 18.4. The molecule has 0 saturated heterocycles. The van der Waals surface area contributed by atoms with Gasteiger partial charge in [0.15, 0.2) is 18.5 Å². The Bertz CT molecular complexity index is 1150. The second kappa shape index (κ2) is 29.1. The number of halogens is 1. The minimum Gasteiger partial charge on any atom is -0.481 e. The average Bonchev–Trinajstić information content (AvgIpc) is 2.97. The van der Waals surface area contributed by atoms with Gasteiger partial charge in [-0.25, -0.2) is 5.90 Å². The summed E-state index contributed by atoms with van der Waals surface area (Å²) in [6.45, 7) is 11.3. The summed E-state index contributed by atoms with van der Waals surface area (Å²) in [5.41, 5.74) is 1.72. The van der Waals surface area contributed by atoms with Crippen LogP contribution < -0.4 is 15.4 Å². The van der Waals surface area contributed by atoms with Crippen molar-refractivity contribution >= 4 is 39.1 Å². The van der Waals surface area contributed by atoms with Gasteiger partial charge in [0.1, 0.15) is 11.5 Å². The van der Waals surface area contributed by atoms with E-state index in [9.17, 15) is 13.9 Å². The van der Waals surface area contributed by atoms with E-state index in [-0.39, 0.29) is 79.6 Å². The number of ketones is 1. The molecule has 0 aromatic heterocycles. The molecule has 0 bridgehead atoms. The lowest BCUT2D eigenvalue weighted by Crippen LogP contribution is -2.06. The monoisotopic (exact) mass is 704 g/mol. The van der Waals surface area contributed by atoms with Crippen LogP contribution in [0.1, 0.15) is 79.7 Å². The third-order valence-corrected chi connectivity index (χ3v) is 8.22. The first-order chi connectivity index (χ1) is 19.5. The van der Waals surface area contributed by atoms with Crippen molar-refractivity contribution < 1.29 is 51.9 Å². The fraction of sp³-hybridized carbons (Fsp3) is 0.517. The summed E-state index contributed by atoms with van der Waals surface area (Å²) in [6, 6.07) is 13.6. The van der Waals surface area contributed by atoms with Crippen molar-refractivity contribution in [3.05, 3.63) is 59.7 Å². The van der Waals surface area contributed by atoms with Gasteiger partial charge in [-0.15, -0.1) is 12.4 Å². The number of Topliss-reactive ketones (excluding diaryl/α,β-unsaturated/α-hetero) is 1. The molecule has 13 nitrogen and oxygen atoms in total. The van der Waals surface area contributed by atoms with E-state index in [1.807, 2.05) is 0 Å². The average molecular weight is 705 g/mol. The highest BCUT2D eigenvalue weighted by Gasteiger charge is 2.25. The van der Waals surface area contributed by atoms with E-state index in [0.717, 1.165) is 0 Å². The van der Waals surface area contributed by atoms with Gasteiger partial charge in [-0.3, -0.25) is 13.9 Å². The topological polar surface area (TPSA) is 185 Å². The number of nitrogens with two attached hydrogens (primary N) is 1. The van der Waals surface area contributed by atoms with Crippen LogP contribution in [-0.2, 0) is 27.2 Å². The highest BCUT2D eigenvalue weighted by molar-refractivity contribution is 7.53. The van der Waals surface area contributed by atoms with Crippen molar-refractivity contribution in [1.29, 1.82) is 0 Å². The second-order valence-electron chi connectivity index (χ2n) is 7.74. The normalized spacial score (nSPS) is 10.4. The Morgan fingerprint density at radius 1 is 0.711 bits per heavy atom. The number of hydrogen-bond donors (Lipinski definition) is 3. The molecule has 0 atom stereocenters. The van der Waals surface area contributed by atoms with E-state index >= 15 is 0 Å². The summed E-state index contributed by atoms with van der Waals surface area (Å²) in [5.74, 6) is 4.42. The van der Waals surface area contributed by atoms with Crippen molar-refractivity contribution in [2.45, 2.75) is 63.8 Å². The van der Waals surface area contributed by atoms with Gasteiger partial charge in [-0.1, -0.05) is 51.7 Å². The summed E-state index contributed by atoms with van der Waals surface area (Å²) >= 11 is 0. The van der Waals surface area contributed by atoms with Crippen molar-refractivity contribution in [3.63, 3.8) is 0 Å². The maximum atomic E-state index is 12.2. The molecule has 16 heteroatoms. The van der Waals surface area contributed by atoms with Crippen LogP contribution in [-0.4, -0.2) is 61.0 Å². The van der Waals surface area contributed by atoms with Crippen LogP contribution in [0, 0.1) is 0 Å². The lowest BCUT2D eigenvalue weighted by molar-refractivity contribution is 0.101. The summed E-state index contributed by atoms with van der Waals surface area (Å²) in [6.07, 6.45) is -0.330. The smallest absolute Gasteiger partial charge is 0.367 e. The van der Waals surface area contributed by atoms with Crippen molar-refractivity contribution in [2.24, 2.45) is 11.1 Å². The van der Waals surface area contributed by atoms with Gasteiger partial charge in [0.2, 0.25) is 0 Å². The van der Waals surface area contributed by atoms with E-state index in [4.69, 9.17) is 38.0 Å². The third-order valence-electron chi connectivity index (χ3n) is 4.72. The first kappa shape index (κ1) is 52.2. The zero-order chi connectivity index (χ0) is 31.3. The molecule has 0 spiro atoms. The molecule has 0 aliphatic carbocycles. The molecule has 0 aliphatic heterocycles. The number of ether oxygens (including phenoxy) is 2. The Kier molecular flexibility index (Phi) is 33.8. The maximum Gasteiger partial charge on any atom is 0.367 e. The number of carbonyl (C=O) groups excluding carboxylic acids is 1. The molecule has 2 rings (SSSR count). The standard InChI is InChI=1S/C13H20NO5P.C13H19O5P.3CH4.ClH.H3NO/c1-4-18-20(16,19-5-2)10-17-13-8-6-7-12(9-13)11(3)14-15;1-4-17-19(15,18-5-2)10-16-13-8-6-7-12(9-13)11(3)14;;;;;1-2/h6-9,15H,4-5,10H2,1-3H3;6-9H,4-5,10H2,1-3H3;3*1H4;1H;2H,1H2/b14-11+;;;;;;. The minimum absolute atomic E-state index is 0. The first-order valence-corrected chi connectivity index (χ1v) is 16.2. The first-order valence-electron chi connectivity index (χ1n) is 12.7. The van der Waals surface area contributed by atoms with Gasteiger partial charge in [0.05, 0.1) is 32.1 Å². The number of benzene rings is 2. The summed E-state index contributed by atoms with van der Waals surface area (Å²) in [7, 11) is -6.46. The third kappa shape index (κ3) is 21.2. The van der Waals surface area contributed by atoms with E-state index in [1.165, 1.54) is 6.92 Å². The van der Waals surface area contributed by atoms with Gasteiger partial charge in [-0.05, 0) is 65.8 Å². The summed E-state index contributed by atoms with van der Waals surface area (Å²) < 4.78 is 55.8. The lowest BCUT2D eigenvalue weighted by atomic mass is 10.1. The van der Waals surface area contributed by atoms with Gasteiger partial charge < -0.3 is 38.0 Å². The van der Waals surface area contributed by atoms with Crippen molar-refractivity contribution in [3.8, 4) is 11.5 Å². The Labute approximate surface area is 275 Å².